The lowest BCUT2D eigenvalue weighted by atomic mass is 10.1. The maximum Gasteiger partial charge on any atom is 0.472 e. The molecule has 0 radical (unpaired) electrons. The predicted octanol–water partition coefficient (Wildman–Crippen LogP) is -5.86. The summed E-state index contributed by atoms with van der Waals surface area (Å²) in [6.07, 6.45) is -21.5. The van der Waals surface area contributed by atoms with Gasteiger partial charge in [0.05, 0.1) is 52.7 Å². The fraction of sp³-hybridized carbons (Fsp3) is 0.583. The van der Waals surface area contributed by atoms with Crippen LogP contribution in [0.4, 0.5) is 17.7 Å². The topological polar surface area (TPSA) is 658 Å². The summed E-state index contributed by atoms with van der Waals surface area (Å²) in [4.78, 5) is 125. The SMILES string of the molecule is CO[C@@H]1[C@H](OP(=O)(O)OCC2O[C@@H](n3cnc4c(=O)[nH]c(N)nc43)[C@H](O)[C@@H]2O)C(COP(=O)(O)OCC(OP(=O)(O)O)C(COP(=O)(O)OC[C@H]2OC(n3c[n+](C)c4c(=O)[nH]c(N)nc43)[C@H](O)[C@@H]2O)OP(=O)(O)O)O[C@H]1n1cnc2c(N)ncnc21. The van der Waals surface area contributed by atoms with Crippen molar-refractivity contribution in [3.05, 3.63) is 46.0 Å². The van der Waals surface area contributed by atoms with E-state index in [1.165, 1.54) is 22.5 Å². The van der Waals surface area contributed by atoms with Gasteiger partial charge in [-0.2, -0.15) is 14.5 Å². The molecule has 0 spiro atoms. The van der Waals surface area contributed by atoms with Gasteiger partial charge in [-0.1, -0.05) is 0 Å². The first-order valence-corrected chi connectivity index (χ1v) is 31.7. The summed E-state index contributed by atoms with van der Waals surface area (Å²) >= 11 is 0. The average Bonchev–Trinajstić information content (AvgIpc) is 3.14. The number of hydrogen-bond acceptors (Lipinski definition) is 32. The van der Waals surface area contributed by atoms with Crippen LogP contribution in [-0.2, 0) is 85.0 Å². The number of aliphatic hydroxyl groups excluding tert-OH is 4. The molecular weight excluding hydrogens is 1280 g/mol. The minimum atomic E-state index is -5.89. The molecule has 0 aromatic carbocycles. The van der Waals surface area contributed by atoms with E-state index in [9.17, 15) is 87.1 Å². The van der Waals surface area contributed by atoms with E-state index in [1.807, 2.05) is 0 Å². The molecule has 19 N–H and O–H groups in total. The highest BCUT2D eigenvalue weighted by molar-refractivity contribution is 7.48. The quantitative estimate of drug-likeness (QED) is 0.0178. The van der Waals surface area contributed by atoms with Gasteiger partial charge in [0.25, 0.3) is 16.7 Å². The molecule has 0 bridgehead atoms. The Morgan fingerprint density at radius 2 is 1.07 bits per heavy atom. The van der Waals surface area contributed by atoms with Crippen molar-refractivity contribution in [2.24, 2.45) is 7.05 Å². The number of rotatable bonds is 26. The lowest BCUT2D eigenvalue weighted by molar-refractivity contribution is -0.646. The third-order valence-corrected chi connectivity index (χ3v) is 16.9. The van der Waals surface area contributed by atoms with Crippen molar-refractivity contribution in [2.45, 2.75) is 85.8 Å². The van der Waals surface area contributed by atoms with Gasteiger partial charge in [0, 0.05) is 7.11 Å². The van der Waals surface area contributed by atoms with Crippen molar-refractivity contribution >= 4 is 90.3 Å². The number of phosphoric acid groups is 5. The number of fused-ring (bicyclic) bond motifs is 3. The lowest BCUT2D eigenvalue weighted by Gasteiger charge is -2.28. The lowest BCUT2D eigenvalue weighted by Crippen LogP contribution is -2.38. The summed E-state index contributed by atoms with van der Waals surface area (Å²) in [5.74, 6) is -0.788. The highest BCUT2D eigenvalue weighted by Crippen LogP contribution is 2.53. The Hall–Kier alpha value is -5.12. The van der Waals surface area contributed by atoms with E-state index in [2.05, 4.69) is 48.9 Å². The maximum absolute atomic E-state index is 13.8. The van der Waals surface area contributed by atoms with Gasteiger partial charge in [0.2, 0.25) is 24.5 Å². The summed E-state index contributed by atoms with van der Waals surface area (Å²) < 4.78 is 132. The van der Waals surface area contributed by atoms with Crippen molar-refractivity contribution in [3.63, 3.8) is 0 Å². The van der Waals surface area contributed by atoms with Crippen LogP contribution < -0.4 is 32.9 Å². The van der Waals surface area contributed by atoms with Crippen LogP contribution in [0.5, 0.6) is 0 Å². The molecule has 3 fully saturated rings. The first kappa shape index (κ1) is 65.3. The van der Waals surface area contributed by atoms with Crippen LogP contribution in [0.3, 0.4) is 0 Å². The van der Waals surface area contributed by atoms with Gasteiger partial charge in [-0.05, 0) is 0 Å². The number of methoxy groups -OCH3 is 1. The van der Waals surface area contributed by atoms with E-state index in [0.29, 0.717) is 0 Å². The maximum atomic E-state index is 13.8. The molecule has 9 heterocycles. The highest BCUT2D eigenvalue weighted by Gasteiger charge is 2.53. The van der Waals surface area contributed by atoms with Gasteiger partial charge in [-0.25, -0.2) is 47.3 Å². The molecule has 6 aromatic heterocycles. The minimum absolute atomic E-state index is 0.0155. The number of nitrogens with two attached hydrogens (primary N) is 3. The number of imidazole rings is 3. The predicted molar refractivity (Wildman–Crippen MR) is 273 cm³/mol. The van der Waals surface area contributed by atoms with Crippen molar-refractivity contribution in [1.82, 2.24) is 53.6 Å². The second-order valence-corrected chi connectivity index (χ2v) is 25.4. The number of aromatic amines is 2. The summed E-state index contributed by atoms with van der Waals surface area (Å²) in [5, 5.41) is 43.5. The van der Waals surface area contributed by atoms with Gasteiger partial charge in [0.1, 0.15) is 79.0 Å². The molecule has 3 aliphatic heterocycles. The van der Waals surface area contributed by atoms with Crippen LogP contribution in [0.2, 0.25) is 0 Å². The van der Waals surface area contributed by atoms with E-state index in [1.54, 1.807) is 0 Å². The monoisotopic (exact) mass is 1330 g/mol. The van der Waals surface area contributed by atoms with Crippen molar-refractivity contribution < 1.29 is 137 Å². The molecule has 8 unspecified atom stereocenters. The average molecular weight is 1330 g/mol. The van der Waals surface area contributed by atoms with E-state index in [-0.39, 0.29) is 51.2 Å². The molecule has 3 aliphatic rings. The second-order valence-electron chi connectivity index (χ2n) is 18.7. The number of ether oxygens (including phenoxy) is 4. The first-order valence-electron chi connectivity index (χ1n) is 24.1. The molecule has 86 heavy (non-hydrogen) atoms. The number of nitrogen functional groups attached to an aromatic ring is 3. The Kier molecular flexibility index (Phi) is 19.0. The number of aliphatic hydroxyl groups is 4. The van der Waals surface area contributed by atoms with E-state index in [0.717, 1.165) is 35.2 Å². The Morgan fingerprint density at radius 1 is 0.593 bits per heavy atom. The zero-order chi connectivity index (χ0) is 62.7. The summed E-state index contributed by atoms with van der Waals surface area (Å²) in [5.41, 5.74) is 15.3. The minimum Gasteiger partial charge on any atom is -0.387 e. The molecule has 50 heteroatoms. The third-order valence-electron chi connectivity index (χ3n) is 12.9. The zero-order valence-corrected chi connectivity index (χ0v) is 48.0. The number of aromatic nitrogens is 12. The third kappa shape index (κ3) is 14.5. The van der Waals surface area contributed by atoms with Gasteiger partial charge in [-0.3, -0.25) is 64.9 Å². The number of H-pyrrole nitrogens is 2. The second kappa shape index (κ2) is 25.0. The number of hydrogen-bond donors (Lipinski definition) is 16. The van der Waals surface area contributed by atoms with E-state index in [4.69, 9.17) is 63.3 Å². The van der Waals surface area contributed by atoms with Gasteiger partial charge < -0.3 is 90.8 Å². The van der Waals surface area contributed by atoms with Crippen molar-refractivity contribution in [1.29, 1.82) is 0 Å². The van der Waals surface area contributed by atoms with Crippen LogP contribution in [0.25, 0.3) is 33.5 Å². The first-order chi connectivity index (χ1) is 40.1. The van der Waals surface area contributed by atoms with Crippen LogP contribution in [0.1, 0.15) is 18.7 Å². The Bertz CT molecular complexity index is 3840. The number of nitrogens with zero attached hydrogens (tertiary/aromatic N) is 10. The van der Waals surface area contributed by atoms with Crippen LogP contribution in [0.15, 0.2) is 34.9 Å². The molecular formula is C36H53N15O30P5+. The summed E-state index contributed by atoms with van der Waals surface area (Å²) in [7, 11) is -26.1. The largest absolute Gasteiger partial charge is 0.472 e. The molecule has 476 valence electrons. The molecule has 0 aliphatic carbocycles. The smallest absolute Gasteiger partial charge is 0.387 e. The Balaban J connectivity index is 0.875. The molecule has 0 amide bonds. The van der Waals surface area contributed by atoms with Gasteiger partial charge in [-0.15, -0.1) is 0 Å². The molecule has 9 rings (SSSR count). The van der Waals surface area contributed by atoms with Crippen molar-refractivity contribution in [2.75, 3.05) is 57.3 Å². The number of aryl methyl sites for hydroxylation is 1. The van der Waals surface area contributed by atoms with E-state index < -0.39 is 169 Å². The van der Waals surface area contributed by atoms with Gasteiger partial charge in [0.15, 0.2) is 35.1 Å². The molecule has 6 aromatic rings. The highest BCUT2D eigenvalue weighted by atomic mass is 31.2. The normalized spacial score (nSPS) is 28.5. The molecule has 45 nitrogen and oxygen atoms in total. The fourth-order valence-corrected chi connectivity index (χ4v) is 12.7. The van der Waals surface area contributed by atoms with Crippen LogP contribution in [-0.4, -0.2) is 216 Å². The molecule has 17 atom stereocenters. The van der Waals surface area contributed by atoms with Crippen molar-refractivity contribution in [3.8, 4) is 0 Å². The fourth-order valence-electron chi connectivity index (χ4n) is 9.14. The van der Waals surface area contributed by atoms with Gasteiger partial charge >= 0.3 is 44.7 Å². The summed E-state index contributed by atoms with van der Waals surface area (Å²) in [6.45, 7) is -6.67. The van der Waals surface area contributed by atoms with Crippen LogP contribution >= 0.6 is 39.1 Å². The number of phosphoric ester groups is 5. The molecule has 3 saturated heterocycles. The van der Waals surface area contributed by atoms with Crippen LogP contribution in [0, 0.1) is 0 Å². The molecule has 0 saturated carbocycles. The summed E-state index contributed by atoms with van der Waals surface area (Å²) in [6, 6.07) is 0. The Morgan fingerprint density at radius 3 is 1.62 bits per heavy atom. The number of anilines is 3. The standard InChI is InChI=1S/C36H52N15O30P5/c1-48-11-51(29-19(48)31(57)47-36(39)45-29)33-23(55)21(53)14(77-33)5-73-84(64,65)71-3-12(79-82(58,59)60)13(80-83(61,62)63)4-72-85(66,67)74-7-16-24(25(70-2)34(78-16)49-9-42-17-26(37)40-8-41-27(17)49)81-86(68,69)75-6-15-20(52)22(54)32(76-15)50-10-43-18-28(50)44-35(38)46-30(18)56/h8-16,20-25,32-34,52-55H,3-7H2,1-2H3,(H14-,37,38,39,40,41,44,45,46,47,56,57,58,59,60,61,62,63,64,65,66,67,68,69)/p+1/t12?,13?,14-,15?,16?,20-,21-,22-,23-,24-,25-,32-,33?,34-/m1/s1. The number of nitrogens with one attached hydrogen (secondary N) is 2. The van der Waals surface area contributed by atoms with E-state index >= 15 is 0 Å². The Labute approximate surface area is 476 Å². The zero-order valence-electron chi connectivity index (χ0n) is 43.5.